The third kappa shape index (κ3) is 9.38. The van der Waals surface area contributed by atoms with Crippen LogP contribution in [-0.4, -0.2) is 10.8 Å². The van der Waals surface area contributed by atoms with Crippen molar-refractivity contribution in [1.82, 2.24) is 4.98 Å². The van der Waals surface area contributed by atoms with Crippen molar-refractivity contribution < 1.29 is 4.79 Å². The first-order valence-electron chi connectivity index (χ1n) is 8.78. The Balaban J connectivity index is 1.88. The van der Waals surface area contributed by atoms with E-state index in [9.17, 15) is 4.79 Å². The van der Waals surface area contributed by atoms with Crippen molar-refractivity contribution in [3.05, 3.63) is 30.1 Å². The lowest BCUT2D eigenvalue weighted by atomic mass is 10.0. The van der Waals surface area contributed by atoms with Crippen molar-refractivity contribution in [2.45, 2.75) is 84.0 Å². The minimum absolute atomic E-state index is 0.258. The Labute approximate surface area is 130 Å². The molecule has 0 aliphatic carbocycles. The van der Waals surface area contributed by atoms with Gasteiger partial charge < -0.3 is 0 Å². The lowest BCUT2D eigenvalue weighted by Gasteiger charge is -2.03. The molecular formula is C19H31NO. The molecule has 2 nitrogen and oxygen atoms in total. The highest BCUT2D eigenvalue weighted by molar-refractivity contribution is 5.95. The predicted octanol–water partition coefficient (Wildman–Crippen LogP) is 5.97. The number of hydrogen-bond donors (Lipinski definition) is 0. The Morgan fingerprint density at radius 3 is 1.81 bits per heavy atom. The molecule has 1 rings (SSSR count). The number of ketones is 1. The molecule has 0 fully saturated rings. The molecule has 0 aliphatic heterocycles. The molecule has 1 aromatic rings. The van der Waals surface area contributed by atoms with Gasteiger partial charge in [0.1, 0.15) is 0 Å². The van der Waals surface area contributed by atoms with E-state index >= 15 is 0 Å². The largest absolute Gasteiger partial charge is 0.294 e. The Morgan fingerprint density at radius 2 is 1.29 bits per heavy atom. The summed E-state index contributed by atoms with van der Waals surface area (Å²) in [7, 11) is 0. The van der Waals surface area contributed by atoms with Crippen LogP contribution in [0, 0.1) is 0 Å². The lowest BCUT2D eigenvalue weighted by molar-refractivity contribution is 0.0979. The normalized spacial score (nSPS) is 10.7. The highest BCUT2D eigenvalue weighted by Gasteiger charge is 2.04. The van der Waals surface area contributed by atoms with Gasteiger partial charge in [-0.3, -0.25) is 9.78 Å². The van der Waals surface area contributed by atoms with E-state index in [1.807, 2.05) is 0 Å². The van der Waals surface area contributed by atoms with Crippen LogP contribution in [0.2, 0.25) is 0 Å². The average Bonchev–Trinajstić information content (AvgIpc) is 2.53. The smallest absolute Gasteiger partial charge is 0.162 e. The fourth-order valence-corrected chi connectivity index (χ4v) is 2.63. The number of hydrogen-bond acceptors (Lipinski definition) is 2. The summed E-state index contributed by atoms with van der Waals surface area (Å²) in [6.45, 7) is 2.26. The lowest BCUT2D eigenvalue weighted by Crippen LogP contribution is -1.98. The van der Waals surface area contributed by atoms with E-state index in [1.54, 1.807) is 24.5 Å². The van der Waals surface area contributed by atoms with E-state index < -0.39 is 0 Å². The van der Waals surface area contributed by atoms with Crippen LogP contribution in [0.3, 0.4) is 0 Å². The maximum Gasteiger partial charge on any atom is 0.162 e. The molecule has 0 bridgehead atoms. The molecule has 2 heteroatoms. The van der Waals surface area contributed by atoms with E-state index in [0.717, 1.165) is 12.0 Å². The molecule has 0 unspecified atom stereocenters. The van der Waals surface area contributed by atoms with Crippen LogP contribution in [0.1, 0.15) is 94.3 Å². The molecule has 0 aliphatic rings. The summed E-state index contributed by atoms with van der Waals surface area (Å²) in [4.78, 5) is 15.8. The summed E-state index contributed by atoms with van der Waals surface area (Å²) in [6, 6.07) is 3.61. The Morgan fingerprint density at radius 1 is 0.810 bits per heavy atom. The first-order valence-corrected chi connectivity index (χ1v) is 8.78. The molecule has 1 aromatic heterocycles. The van der Waals surface area contributed by atoms with Crippen LogP contribution >= 0.6 is 0 Å². The van der Waals surface area contributed by atoms with Gasteiger partial charge in [-0.1, -0.05) is 71.1 Å². The Hall–Kier alpha value is -1.18. The molecule has 0 atom stereocenters. The van der Waals surface area contributed by atoms with Crippen molar-refractivity contribution in [1.29, 1.82) is 0 Å². The van der Waals surface area contributed by atoms with Gasteiger partial charge >= 0.3 is 0 Å². The summed E-state index contributed by atoms with van der Waals surface area (Å²) in [5, 5.41) is 0. The van der Waals surface area contributed by atoms with Gasteiger partial charge in [0.05, 0.1) is 0 Å². The first kappa shape index (κ1) is 17.9. The second-order valence-electron chi connectivity index (χ2n) is 5.94. The first-order chi connectivity index (χ1) is 10.3. The van der Waals surface area contributed by atoms with E-state index in [4.69, 9.17) is 0 Å². The predicted molar refractivity (Wildman–Crippen MR) is 89.6 cm³/mol. The standard InChI is InChI=1S/C19H31NO/c1-2-3-4-5-6-7-8-9-10-11-12-13-19(21)18-14-16-20-17-15-18/h14-17H,2-13H2,1H3. The fraction of sp³-hybridized carbons (Fsp3) is 0.684. The molecule has 0 radical (unpaired) electrons. The van der Waals surface area contributed by atoms with Gasteiger partial charge in [-0.2, -0.15) is 0 Å². The zero-order valence-electron chi connectivity index (χ0n) is 13.7. The Kier molecular flexibility index (Phi) is 10.7. The minimum atomic E-state index is 0.258. The maximum atomic E-state index is 11.9. The van der Waals surface area contributed by atoms with E-state index in [-0.39, 0.29) is 5.78 Å². The average molecular weight is 289 g/mol. The van der Waals surface area contributed by atoms with Crippen LogP contribution in [0.15, 0.2) is 24.5 Å². The van der Waals surface area contributed by atoms with Crippen LogP contribution < -0.4 is 0 Å². The number of aromatic nitrogens is 1. The van der Waals surface area contributed by atoms with Gasteiger partial charge in [0.2, 0.25) is 0 Å². The fourth-order valence-electron chi connectivity index (χ4n) is 2.63. The molecular weight excluding hydrogens is 258 g/mol. The van der Waals surface area contributed by atoms with Gasteiger partial charge in [-0.15, -0.1) is 0 Å². The third-order valence-electron chi connectivity index (χ3n) is 4.01. The van der Waals surface area contributed by atoms with Gasteiger partial charge in [0, 0.05) is 24.4 Å². The summed E-state index contributed by atoms with van der Waals surface area (Å²) in [6.07, 6.45) is 18.6. The van der Waals surface area contributed by atoms with E-state index in [2.05, 4.69) is 11.9 Å². The van der Waals surface area contributed by atoms with Crippen LogP contribution in [0.25, 0.3) is 0 Å². The van der Waals surface area contributed by atoms with E-state index in [1.165, 1.54) is 64.2 Å². The van der Waals surface area contributed by atoms with Gasteiger partial charge in [-0.25, -0.2) is 0 Å². The second kappa shape index (κ2) is 12.6. The second-order valence-corrected chi connectivity index (χ2v) is 5.94. The SMILES string of the molecule is CCCCCCCCCCCCCC(=O)c1ccncc1. The van der Waals surface area contributed by atoms with Crippen molar-refractivity contribution in [2.24, 2.45) is 0 Å². The molecule has 0 aromatic carbocycles. The molecule has 0 saturated carbocycles. The number of nitrogens with zero attached hydrogens (tertiary/aromatic N) is 1. The molecule has 0 N–H and O–H groups in total. The van der Waals surface area contributed by atoms with Crippen molar-refractivity contribution in [3.63, 3.8) is 0 Å². The Bertz CT molecular complexity index is 361. The highest BCUT2D eigenvalue weighted by atomic mass is 16.1. The van der Waals surface area contributed by atoms with Gasteiger partial charge in [0.15, 0.2) is 5.78 Å². The molecule has 0 spiro atoms. The van der Waals surface area contributed by atoms with Crippen LogP contribution in [0.4, 0.5) is 0 Å². The number of carbonyl (C=O) groups is 1. The van der Waals surface area contributed by atoms with Crippen molar-refractivity contribution >= 4 is 5.78 Å². The number of carbonyl (C=O) groups excluding carboxylic acids is 1. The zero-order valence-corrected chi connectivity index (χ0v) is 13.7. The molecule has 118 valence electrons. The summed E-state index contributed by atoms with van der Waals surface area (Å²) in [5.74, 6) is 0.258. The van der Waals surface area contributed by atoms with Gasteiger partial charge in [0.25, 0.3) is 0 Å². The van der Waals surface area contributed by atoms with Crippen LogP contribution in [0.5, 0.6) is 0 Å². The molecule has 1 heterocycles. The number of unbranched alkanes of at least 4 members (excludes halogenated alkanes) is 10. The van der Waals surface area contributed by atoms with Crippen molar-refractivity contribution in [2.75, 3.05) is 0 Å². The third-order valence-corrected chi connectivity index (χ3v) is 4.01. The van der Waals surface area contributed by atoms with Crippen molar-refractivity contribution in [3.8, 4) is 0 Å². The van der Waals surface area contributed by atoms with Crippen LogP contribution in [-0.2, 0) is 0 Å². The quantitative estimate of drug-likeness (QED) is 0.331. The molecule has 0 amide bonds. The zero-order chi connectivity index (χ0) is 15.2. The number of Topliss-reactive ketones (excluding diaryl/α,β-unsaturated/α-hetero) is 1. The maximum absolute atomic E-state index is 11.9. The monoisotopic (exact) mass is 289 g/mol. The molecule has 21 heavy (non-hydrogen) atoms. The summed E-state index contributed by atoms with van der Waals surface area (Å²) in [5.41, 5.74) is 0.803. The highest BCUT2D eigenvalue weighted by Crippen LogP contribution is 2.13. The minimum Gasteiger partial charge on any atom is -0.294 e. The van der Waals surface area contributed by atoms with Gasteiger partial charge in [-0.05, 0) is 18.6 Å². The number of pyridine rings is 1. The topological polar surface area (TPSA) is 30.0 Å². The van der Waals surface area contributed by atoms with E-state index in [0.29, 0.717) is 6.42 Å². The summed E-state index contributed by atoms with van der Waals surface area (Å²) < 4.78 is 0. The summed E-state index contributed by atoms with van der Waals surface area (Å²) >= 11 is 0. The number of rotatable bonds is 13. The molecule has 0 saturated heterocycles.